The quantitative estimate of drug-likeness (QED) is 0.769. The van der Waals surface area contributed by atoms with E-state index in [1.165, 1.54) is 18.4 Å². The molecule has 1 aromatic heterocycles. The van der Waals surface area contributed by atoms with Crippen molar-refractivity contribution in [1.82, 2.24) is 0 Å². The number of thiophene rings is 1. The predicted molar refractivity (Wildman–Crippen MR) is 105 cm³/mol. The van der Waals surface area contributed by atoms with Gasteiger partial charge in [-0.2, -0.15) is 0 Å². The second-order valence-electron chi connectivity index (χ2n) is 6.75. The predicted octanol–water partition coefficient (Wildman–Crippen LogP) is 3.14. The van der Waals surface area contributed by atoms with E-state index < -0.39 is 12.1 Å². The van der Waals surface area contributed by atoms with E-state index >= 15 is 0 Å². The van der Waals surface area contributed by atoms with Gasteiger partial charge in [-0.05, 0) is 43.4 Å². The minimum absolute atomic E-state index is 0.149. The molecule has 0 radical (unpaired) electrons. The zero-order valence-corrected chi connectivity index (χ0v) is 16.2. The number of benzene rings is 1. The molecule has 4 rings (SSSR count). The van der Waals surface area contributed by atoms with Crippen LogP contribution in [0.2, 0.25) is 0 Å². The Morgan fingerprint density at radius 3 is 2.89 bits per heavy atom. The van der Waals surface area contributed by atoms with Gasteiger partial charge in [0, 0.05) is 4.88 Å². The highest BCUT2D eigenvalue weighted by atomic mass is 32.1. The van der Waals surface area contributed by atoms with Gasteiger partial charge >= 0.3 is 5.97 Å². The molecular formula is C20H20N2O5S. The van der Waals surface area contributed by atoms with Crippen LogP contribution in [0.1, 0.15) is 40.1 Å². The number of ether oxygens (including phenoxy) is 2. The fourth-order valence-corrected chi connectivity index (χ4v) is 4.84. The van der Waals surface area contributed by atoms with Gasteiger partial charge in [0.05, 0.1) is 24.8 Å². The first kappa shape index (κ1) is 18.5. The SMILES string of the molecule is COC(=O)c1c(NC(=O)CC2Oc3ccccc3NC2=O)sc2c1CCCC2. The molecule has 146 valence electrons. The maximum absolute atomic E-state index is 12.6. The summed E-state index contributed by atoms with van der Waals surface area (Å²) in [5.41, 5.74) is 2.00. The van der Waals surface area contributed by atoms with E-state index in [1.807, 2.05) is 0 Å². The highest BCUT2D eigenvalue weighted by Crippen LogP contribution is 2.38. The van der Waals surface area contributed by atoms with Crippen molar-refractivity contribution in [2.75, 3.05) is 17.7 Å². The molecule has 0 saturated carbocycles. The van der Waals surface area contributed by atoms with Crippen molar-refractivity contribution in [3.05, 3.63) is 40.3 Å². The zero-order valence-electron chi connectivity index (χ0n) is 15.4. The molecule has 2 amide bonds. The Hall–Kier alpha value is -2.87. The second kappa shape index (κ2) is 7.63. The van der Waals surface area contributed by atoms with Crippen molar-refractivity contribution >= 4 is 39.8 Å². The van der Waals surface area contributed by atoms with Gasteiger partial charge in [-0.3, -0.25) is 9.59 Å². The number of para-hydroxylation sites is 2. The van der Waals surface area contributed by atoms with E-state index in [0.717, 1.165) is 36.1 Å². The normalized spacial score (nSPS) is 17.6. The van der Waals surface area contributed by atoms with Crippen LogP contribution in [-0.4, -0.2) is 31.0 Å². The Kier molecular flexibility index (Phi) is 5.04. The Morgan fingerprint density at radius 1 is 1.29 bits per heavy atom. The maximum Gasteiger partial charge on any atom is 0.341 e. The first-order valence-corrected chi connectivity index (χ1v) is 9.97. The first-order chi connectivity index (χ1) is 13.6. The van der Waals surface area contributed by atoms with Crippen molar-refractivity contribution < 1.29 is 23.9 Å². The van der Waals surface area contributed by atoms with Gasteiger partial charge in [-0.25, -0.2) is 4.79 Å². The van der Waals surface area contributed by atoms with Crippen LogP contribution in [0.25, 0.3) is 0 Å². The van der Waals surface area contributed by atoms with Crippen LogP contribution in [0.4, 0.5) is 10.7 Å². The number of aryl methyl sites for hydroxylation is 1. The number of esters is 1. The van der Waals surface area contributed by atoms with E-state index in [0.29, 0.717) is 22.0 Å². The Morgan fingerprint density at radius 2 is 2.07 bits per heavy atom. The molecule has 8 heteroatoms. The number of methoxy groups -OCH3 is 1. The maximum atomic E-state index is 12.6. The smallest absolute Gasteiger partial charge is 0.341 e. The molecule has 1 aromatic carbocycles. The molecule has 2 aromatic rings. The minimum atomic E-state index is -0.925. The third-order valence-corrected chi connectivity index (χ3v) is 6.10. The van der Waals surface area contributed by atoms with Gasteiger partial charge in [0.25, 0.3) is 5.91 Å². The van der Waals surface area contributed by atoms with Crippen LogP contribution in [0.3, 0.4) is 0 Å². The van der Waals surface area contributed by atoms with Crippen LogP contribution < -0.4 is 15.4 Å². The molecule has 1 aliphatic carbocycles. The van der Waals surface area contributed by atoms with Crippen molar-refractivity contribution in [2.45, 2.75) is 38.2 Å². The van der Waals surface area contributed by atoms with Crippen LogP contribution in [0, 0.1) is 0 Å². The van der Waals surface area contributed by atoms with Gasteiger partial charge < -0.3 is 20.1 Å². The Balaban J connectivity index is 1.51. The number of carbonyl (C=O) groups is 3. The monoisotopic (exact) mass is 400 g/mol. The standard InChI is InChI=1S/C20H20N2O5S/c1-26-20(25)17-11-6-2-5-9-15(11)28-19(17)22-16(23)10-14-18(24)21-12-7-3-4-8-13(12)27-14/h3-4,7-8,14H,2,5-6,9-10H2,1H3,(H,21,24)(H,22,23). The topological polar surface area (TPSA) is 93.7 Å². The third kappa shape index (κ3) is 3.47. The molecule has 28 heavy (non-hydrogen) atoms. The average molecular weight is 400 g/mol. The number of rotatable bonds is 4. The Labute approximate surface area is 166 Å². The lowest BCUT2D eigenvalue weighted by atomic mass is 9.95. The summed E-state index contributed by atoms with van der Waals surface area (Å²) in [6.45, 7) is 0. The van der Waals surface area contributed by atoms with E-state index in [1.54, 1.807) is 24.3 Å². The van der Waals surface area contributed by atoms with Gasteiger partial charge in [0.15, 0.2) is 6.10 Å². The summed E-state index contributed by atoms with van der Waals surface area (Å²) in [6, 6.07) is 7.07. The largest absolute Gasteiger partial charge is 0.478 e. The molecule has 1 atom stereocenters. The second-order valence-corrected chi connectivity index (χ2v) is 7.86. The van der Waals surface area contributed by atoms with Gasteiger partial charge in [-0.15, -0.1) is 11.3 Å². The van der Waals surface area contributed by atoms with Gasteiger partial charge in [-0.1, -0.05) is 12.1 Å². The highest BCUT2D eigenvalue weighted by molar-refractivity contribution is 7.17. The summed E-state index contributed by atoms with van der Waals surface area (Å²) >= 11 is 1.41. The number of anilines is 2. The lowest BCUT2D eigenvalue weighted by Gasteiger charge is -2.25. The van der Waals surface area contributed by atoms with Gasteiger partial charge in [0.1, 0.15) is 10.8 Å². The summed E-state index contributed by atoms with van der Waals surface area (Å²) in [4.78, 5) is 38.2. The average Bonchev–Trinajstić information content (AvgIpc) is 3.05. The fourth-order valence-electron chi connectivity index (χ4n) is 3.55. The molecule has 0 spiro atoms. The van der Waals surface area contributed by atoms with Crippen LogP contribution in [0.15, 0.2) is 24.3 Å². The number of hydrogen-bond acceptors (Lipinski definition) is 6. The molecule has 0 fully saturated rings. The van der Waals surface area contributed by atoms with E-state index in [-0.39, 0.29) is 18.2 Å². The first-order valence-electron chi connectivity index (χ1n) is 9.16. The number of carbonyl (C=O) groups excluding carboxylic acids is 3. The molecule has 7 nitrogen and oxygen atoms in total. The summed E-state index contributed by atoms with van der Waals surface area (Å²) in [5, 5.41) is 6.02. The summed E-state index contributed by atoms with van der Waals surface area (Å²) in [6.07, 6.45) is 2.70. The van der Waals surface area contributed by atoms with Crippen molar-refractivity contribution in [3.63, 3.8) is 0 Å². The van der Waals surface area contributed by atoms with Crippen molar-refractivity contribution in [1.29, 1.82) is 0 Å². The number of hydrogen-bond donors (Lipinski definition) is 2. The molecule has 2 aliphatic rings. The molecular weight excluding hydrogens is 380 g/mol. The molecule has 0 bridgehead atoms. The van der Waals surface area contributed by atoms with Crippen LogP contribution >= 0.6 is 11.3 Å². The fraction of sp³-hybridized carbons (Fsp3) is 0.350. The van der Waals surface area contributed by atoms with Crippen LogP contribution in [-0.2, 0) is 27.2 Å². The zero-order chi connectivity index (χ0) is 19.7. The molecule has 1 aliphatic heterocycles. The van der Waals surface area contributed by atoms with E-state index in [4.69, 9.17) is 9.47 Å². The van der Waals surface area contributed by atoms with Crippen LogP contribution in [0.5, 0.6) is 5.75 Å². The molecule has 2 N–H and O–H groups in total. The highest BCUT2D eigenvalue weighted by Gasteiger charge is 2.31. The summed E-state index contributed by atoms with van der Waals surface area (Å²) in [7, 11) is 1.33. The summed E-state index contributed by atoms with van der Waals surface area (Å²) in [5.74, 6) is -0.673. The molecule has 0 saturated heterocycles. The lowest BCUT2D eigenvalue weighted by molar-refractivity contribution is -0.128. The lowest BCUT2D eigenvalue weighted by Crippen LogP contribution is -2.39. The summed E-state index contributed by atoms with van der Waals surface area (Å²) < 4.78 is 10.6. The molecule has 1 unspecified atom stereocenters. The van der Waals surface area contributed by atoms with Crippen molar-refractivity contribution in [3.8, 4) is 5.75 Å². The van der Waals surface area contributed by atoms with Gasteiger partial charge in [0.2, 0.25) is 5.91 Å². The number of nitrogens with one attached hydrogen (secondary N) is 2. The Bertz CT molecular complexity index is 952. The molecule has 2 heterocycles. The van der Waals surface area contributed by atoms with E-state index in [2.05, 4.69) is 10.6 Å². The third-order valence-electron chi connectivity index (χ3n) is 4.89. The minimum Gasteiger partial charge on any atom is -0.478 e. The van der Waals surface area contributed by atoms with E-state index in [9.17, 15) is 14.4 Å². The number of amides is 2. The number of fused-ring (bicyclic) bond motifs is 2. The van der Waals surface area contributed by atoms with Crippen molar-refractivity contribution in [2.24, 2.45) is 0 Å².